The van der Waals surface area contributed by atoms with Crippen LogP contribution in [0.3, 0.4) is 0 Å². The molecule has 0 aromatic heterocycles. The molecule has 0 aliphatic carbocycles. The van der Waals surface area contributed by atoms with Crippen LogP contribution in [0, 0.1) is 6.92 Å². The zero-order valence-corrected chi connectivity index (χ0v) is 15.3. The van der Waals surface area contributed by atoms with E-state index in [-0.39, 0.29) is 17.4 Å². The van der Waals surface area contributed by atoms with Gasteiger partial charge >= 0.3 is 0 Å². The number of hydrogen-bond donors (Lipinski definition) is 2. The molecule has 0 bridgehead atoms. The zero-order valence-electron chi connectivity index (χ0n) is 14.5. The molecule has 0 amide bonds. The van der Waals surface area contributed by atoms with Gasteiger partial charge in [-0.2, -0.15) is 0 Å². The molecule has 0 spiro atoms. The minimum Gasteiger partial charge on any atom is -0.465 e. The topological polar surface area (TPSA) is 67.4 Å². The molecule has 0 fully saturated rings. The molecule has 0 aliphatic rings. The van der Waals surface area contributed by atoms with E-state index in [2.05, 4.69) is 23.8 Å². The van der Waals surface area contributed by atoms with Crippen molar-refractivity contribution in [3.8, 4) is 0 Å². The molecule has 2 N–H and O–H groups in total. The van der Waals surface area contributed by atoms with Gasteiger partial charge in [0.2, 0.25) is 0 Å². The van der Waals surface area contributed by atoms with Gasteiger partial charge in [-0.1, -0.05) is 37.7 Å². The number of ether oxygens (including phenoxy) is 1. The average molecular weight is 361 g/mol. The Labute approximate surface area is 151 Å². The fraction of sp³-hybridized carbons (Fsp3) is 0.263. The van der Waals surface area contributed by atoms with Gasteiger partial charge in [0.25, 0.3) is 10.9 Å². The van der Waals surface area contributed by atoms with Crippen molar-refractivity contribution in [3.63, 3.8) is 0 Å². The van der Waals surface area contributed by atoms with E-state index in [0.717, 1.165) is 5.56 Å². The minimum absolute atomic E-state index is 0.219. The number of hydrogen-bond acceptors (Lipinski definition) is 5. The van der Waals surface area contributed by atoms with Gasteiger partial charge < -0.3 is 15.4 Å². The molecule has 0 saturated heterocycles. The maximum absolute atomic E-state index is 12.0. The first kappa shape index (κ1) is 18.8. The van der Waals surface area contributed by atoms with E-state index >= 15 is 0 Å². The monoisotopic (exact) mass is 360 g/mol. The molecule has 0 aliphatic heterocycles. The van der Waals surface area contributed by atoms with Crippen LogP contribution in [-0.4, -0.2) is 6.04 Å². The first-order valence-corrected chi connectivity index (χ1v) is 8.28. The molecule has 0 radical (unpaired) electrons. The van der Waals surface area contributed by atoms with Crippen molar-refractivity contribution in [1.29, 1.82) is 0 Å². The Balaban J connectivity index is 2.26. The number of allylic oxidation sites excluding steroid dienone is 1. The Morgan fingerprint density at radius 2 is 1.88 bits per heavy atom. The van der Waals surface area contributed by atoms with Crippen LogP contribution in [0.1, 0.15) is 25.8 Å². The Hall–Kier alpha value is -2.53. The lowest BCUT2D eigenvalue weighted by Crippen LogP contribution is -2.39. The van der Waals surface area contributed by atoms with E-state index in [1.165, 1.54) is 0 Å². The molecule has 1 atom stereocenters. The number of halogens is 1. The van der Waals surface area contributed by atoms with Gasteiger partial charge in [-0.25, -0.2) is 0 Å². The van der Waals surface area contributed by atoms with Gasteiger partial charge in [0.05, 0.1) is 11.8 Å². The highest BCUT2D eigenvalue weighted by Gasteiger charge is 2.25. The highest BCUT2D eigenvalue weighted by atomic mass is 35.5. The van der Waals surface area contributed by atoms with Gasteiger partial charge in [-0.3, -0.25) is 9.59 Å². The first-order chi connectivity index (χ1) is 11.8. The van der Waals surface area contributed by atoms with E-state index < -0.39 is 10.9 Å². The van der Waals surface area contributed by atoms with Crippen LogP contribution in [0.15, 0.2) is 52.5 Å². The summed E-state index contributed by atoms with van der Waals surface area (Å²) in [5, 5.41) is 6.62. The quantitative estimate of drug-likeness (QED) is 0.544. The van der Waals surface area contributed by atoms with Crippen molar-refractivity contribution < 1.29 is 4.74 Å². The van der Waals surface area contributed by atoms with Crippen LogP contribution in [0.4, 0.5) is 17.1 Å². The maximum atomic E-state index is 12.0. The molecule has 2 aromatic carbocycles. The molecule has 6 heteroatoms. The second kappa shape index (κ2) is 7.57. The largest absolute Gasteiger partial charge is 0.465 e. The molecule has 0 unspecified atom stereocenters. The van der Waals surface area contributed by atoms with E-state index in [1.807, 2.05) is 13.8 Å². The first-order valence-electron chi connectivity index (χ1n) is 7.90. The summed E-state index contributed by atoms with van der Waals surface area (Å²) in [6, 6.07) is 5.01. The van der Waals surface area contributed by atoms with Crippen LogP contribution in [0.2, 0.25) is 5.02 Å². The minimum atomic E-state index is -0.567. The zero-order chi connectivity index (χ0) is 18.7. The maximum Gasteiger partial charge on any atom is 0.253 e. The van der Waals surface area contributed by atoms with Crippen molar-refractivity contribution in [2.75, 3.05) is 10.6 Å². The Kier molecular flexibility index (Phi) is 5.69. The van der Waals surface area contributed by atoms with Gasteiger partial charge in [-0.05, 0) is 38.0 Å². The molecule has 2 aromatic rings. The predicted octanol–water partition coefficient (Wildman–Crippen LogP) is 4.24. The number of benzene rings is 1. The van der Waals surface area contributed by atoms with Crippen LogP contribution in [0.25, 0.3) is 0 Å². The Morgan fingerprint density at radius 3 is 2.48 bits per heavy atom. The summed E-state index contributed by atoms with van der Waals surface area (Å²) in [6.45, 7) is 13.0. The van der Waals surface area contributed by atoms with E-state index in [1.54, 1.807) is 25.1 Å². The van der Waals surface area contributed by atoms with Gasteiger partial charge in [0, 0.05) is 10.7 Å². The van der Waals surface area contributed by atoms with E-state index in [9.17, 15) is 9.59 Å². The number of rotatable bonds is 8. The van der Waals surface area contributed by atoms with Gasteiger partial charge in [0.1, 0.15) is 17.1 Å². The summed E-state index contributed by atoms with van der Waals surface area (Å²) in [5.41, 5.74) is 0.782. The second-order valence-electron chi connectivity index (χ2n) is 5.82. The van der Waals surface area contributed by atoms with Gasteiger partial charge in [-0.15, -0.1) is 0 Å². The summed E-state index contributed by atoms with van der Waals surface area (Å²) in [6.07, 6.45) is 0.626. The molecule has 0 saturated carbocycles. The summed E-state index contributed by atoms with van der Waals surface area (Å²) in [4.78, 5) is 24.0. The van der Waals surface area contributed by atoms with E-state index in [0.29, 0.717) is 28.6 Å². The highest BCUT2D eigenvalue weighted by molar-refractivity contribution is 6.31. The average Bonchev–Trinajstić information content (AvgIpc) is 2.56. The van der Waals surface area contributed by atoms with Crippen LogP contribution < -0.4 is 21.5 Å². The summed E-state index contributed by atoms with van der Waals surface area (Å²) in [5.74, 6) is 0.941. The van der Waals surface area contributed by atoms with Crippen LogP contribution in [0.5, 0.6) is 0 Å². The Morgan fingerprint density at radius 1 is 1.24 bits per heavy atom. The molecule has 0 heterocycles. The molecular formula is C19H21ClN2O3. The number of anilines is 3. The van der Waals surface area contributed by atoms with Crippen molar-refractivity contribution in [1.82, 2.24) is 0 Å². The Bertz CT molecular complexity index is 895. The third-order valence-electron chi connectivity index (χ3n) is 3.86. The number of nitrogens with one attached hydrogen (secondary N) is 2. The third kappa shape index (κ3) is 3.94. The lowest BCUT2D eigenvalue weighted by atomic mass is 10.1. The van der Waals surface area contributed by atoms with Gasteiger partial charge in [0.15, 0.2) is 0 Å². The smallest absolute Gasteiger partial charge is 0.253 e. The van der Waals surface area contributed by atoms with Crippen molar-refractivity contribution in [3.05, 3.63) is 73.9 Å². The van der Waals surface area contributed by atoms with Crippen molar-refractivity contribution in [2.45, 2.75) is 33.2 Å². The molecule has 2 rings (SSSR count). The summed E-state index contributed by atoms with van der Waals surface area (Å²) >= 11 is 6.10. The van der Waals surface area contributed by atoms with Crippen LogP contribution >= 0.6 is 11.6 Å². The van der Waals surface area contributed by atoms with E-state index in [4.69, 9.17) is 16.3 Å². The molecule has 132 valence electrons. The normalized spacial score (nSPS) is 11.8. The highest BCUT2D eigenvalue weighted by Crippen LogP contribution is 2.28. The lowest BCUT2D eigenvalue weighted by molar-refractivity contribution is 0.286. The summed E-state index contributed by atoms with van der Waals surface area (Å²) in [7, 11) is 0. The standard InChI is InChI=1S/C19H21ClN2O3/c1-6-14(12(5)25-10(2)3)21-16-17(19(24)18(16)23)22-15-9-7-8-13(20)11(15)4/h7-9,14,21-22H,2,5-6H2,1,3-4H3/t14-/m1/s1. The summed E-state index contributed by atoms with van der Waals surface area (Å²) < 4.78 is 5.42. The predicted molar refractivity (Wildman–Crippen MR) is 104 cm³/mol. The second-order valence-corrected chi connectivity index (χ2v) is 6.23. The molecular weight excluding hydrogens is 340 g/mol. The lowest BCUT2D eigenvalue weighted by Gasteiger charge is -2.23. The van der Waals surface area contributed by atoms with Crippen LogP contribution in [-0.2, 0) is 4.74 Å². The van der Waals surface area contributed by atoms with Crippen molar-refractivity contribution >= 4 is 28.7 Å². The fourth-order valence-electron chi connectivity index (χ4n) is 2.41. The SMILES string of the molecule is C=C(C)OC(=C)[C@@H](CC)Nc1c(Nc2cccc(Cl)c2C)c(=O)c1=O. The molecule has 5 nitrogen and oxygen atoms in total. The molecule has 25 heavy (non-hydrogen) atoms. The fourth-order valence-corrected chi connectivity index (χ4v) is 2.58. The van der Waals surface area contributed by atoms with Crippen molar-refractivity contribution in [2.24, 2.45) is 0 Å². The third-order valence-corrected chi connectivity index (χ3v) is 4.27.